The van der Waals surface area contributed by atoms with E-state index in [0.29, 0.717) is 16.3 Å². The van der Waals surface area contributed by atoms with Gasteiger partial charge < -0.3 is 10.4 Å². The third-order valence-corrected chi connectivity index (χ3v) is 3.41. The van der Waals surface area contributed by atoms with E-state index in [1.54, 1.807) is 18.2 Å². The van der Waals surface area contributed by atoms with Crippen molar-refractivity contribution in [1.82, 2.24) is 0 Å². The molecule has 0 unspecified atom stereocenters. The zero-order chi connectivity index (χ0) is 12.3. The van der Waals surface area contributed by atoms with Crippen LogP contribution in [0.4, 0.5) is 5.69 Å². The average molecular weight is 251 g/mol. The van der Waals surface area contributed by atoms with E-state index in [1.807, 2.05) is 0 Å². The number of anilines is 1. The molecule has 0 saturated heterocycles. The Hall–Kier alpha value is -1.24. The summed E-state index contributed by atoms with van der Waals surface area (Å²) in [7, 11) is 0. The predicted octanol–water partition coefficient (Wildman–Crippen LogP) is 2.93. The van der Waals surface area contributed by atoms with Crippen molar-refractivity contribution in [3.63, 3.8) is 0 Å². The van der Waals surface area contributed by atoms with Crippen molar-refractivity contribution < 1.29 is 5.11 Å². The summed E-state index contributed by atoms with van der Waals surface area (Å²) in [6.07, 6.45) is 3.59. The van der Waals surface area contributed by atoms with E-state index in [9.17, 15) is 5.11 Å². The molecular weight excluding hydrogens is 236 g/mol. The molecule has 0 heterocycles. The van der Waals surface area contributed by atoms with Gasteiger partial charge in [0.2, 0.25) is 0 Å². The van der Waals surface area contributed by atoms with E-state index in [-0.39, 0.29) is 12.1 Å². The number of benzene rings is 1. The minimum atomic E-state index is -0.339. The highest BCUT2D eigenvalue weighted by Gasteiger charge is 2.23. The minimum Gasteiger partial charge on any atom is -0.391 e. The van der Waals surface area contributed by atoms with Crippen molar-refractivity contribution in [2.45, 2.75) is 37.8 Å². The molecule has 1 fully saturated rings. The van der Waals surface area contributed by atoms with E-state index in [2.05, 4.69) is 11.4 Å². The number of nitrogens with zero attached hydrogens (tertiary/aromatic N) is 1. The molecule has 3 nitrogen and oxygen atoms in total. The molecule has 0 aliphatic heterocycles. The molecule has 17 heavy (non-hydrogen) atoms. The predicted molar refractivity (Wildman–Crippen MR) is 68.1 cm³/mol. The first-order chi connectivity index (χ1) is 8.20. The van der Waals surface area contributed by atoms with Crippen molar-refractivity contribution in [3.8, 4) is 6.07 Å². The van der Waals surface area contributed by atoms with Gasteiger partial charge in [-0.05, 0) is 31.0 Å². The van der Waals surface area contributed by atoms with Gasteiger partial charge in [-0.3, -0.25) is 0 Å². The summed E-state index contributed by atoms with van der Waals surface area (Å²) < 4.78 is 0. The molecule has 2 N–H and O–H groups in total. The van der Waals surface area contributed by atoms with Crippen LogP contribution in [-0.4, -0.2) is 17.3 Å². The van der Waals surface area contributed by atoms with Gasteiger partial charge in [0, 0.05) is 5.02 Å². The number of halogens is 1. The Morgan fingerprint density at radius 1 is 1.35 bits per heavy atom. The smallest absolute Gasteiger partial charge is 0.101 e. The van der Waals surface area contributed by atoms with E-state index < -0.39 is 0 Å². The number of hydrogen-bond acceptors (Lipinski definition) is 3. The number of aliphatic hydroxyl groups excluding tert-OH is 1. The van der Waals surface area contributed by atoms with Crippen LogP contribution in [0.1, 0.15) is 31.2 Å². The lowest BCUT2D eigenvalue weighted by molar-refractivity contribution is 0.116. The molecule has 4 heteroatoms. The van der Waals surface area contributed by atoms with Crippen molar-refractivity contribution in [2.75, 3.05) is 5.32 Å². The largest absolute Gasteiger partial charge is 0.391 e. The Bertz CT molecular complexity index is 442. The van der Waals surface area contributed by atoms with Crippen LogP contribution in [0.2, 0.25) is 5.02 Å². The van der Waals surface area contributed by atoms with Crippen LogP contribution < -0.4 is 5.32 Å². The number of aliphatic hydroxyl groups is 1. The molecule has 1 aliphatic rings. The van der Waals surface area contributed by atoms with Crippen LogP contribution in [0.25, 0.3) is 0 Å². The zero-order valence-electron chi connectivity index (χ0n) is 9.49. The maximum Gasteiger partial charge on any atom is 0.101 e. The van der Waals surface area contributed by atoms with E-state index >= 15 is 0 Å². The fourth-order valence-corrected chi connectivity index (χ4v) is 2.38. The number of hydrogen-bond donors (Lipinski definition) is 2. The number of rotatable bonds is 2. The van der Waals surface area contributed by atoms with Crippen LogP contribution in [0.5, 0.6) is 0 Å². The summed E-state index contributed by atoms with van der Waals surface area (Å²) in [5, 5.41) is 22.7. The lowest BCUT2D eigenvalue weighted by atomic mass is 9.92. The summed E-state index contributed by atoms with van der Waals surface area (Å²) in [5.74, 6) is 0. The lowest BCUT2D eigenvalue weighted by Crippen LogP contribution is -2.36. The van der Waals surface area contributed by atoms with E-state index in [1.165, 1.54) is 0 Å². The lowest BCUT2D eigenvalue weighted by Gasteiger charge is -2.29. The first-order valence-corrected chi connectivity index (χ1v) is 6.23. The van der Waals surface area contributed by atoms with Crippen LogP contribution in [0, 0.1) is 11.3 Å². The zero-order valence-corrected chi connectivity index (χ0v) is 10.2. The molecule has 1 saturated carbocycles. The molecule has 1 aromatic carbocycles. The topological polar surface area (TPSA) is 56.0 Å². The highest BCUT2D eigenvalue weighted by Crippen LogP contribution is 2.26. The summed E-state index contributed by atoms with van der Waals surface area (Å²) in [6.45, 7) is 0. The third-order valence-electron chi connectivity index (χ3n) is 3.17. The molecule has 90 valence electrons. The molecule has 0 aromatic heterocycles. The van der Waals surface area contributed by atoms with Gasteiger partial charge in [-0.1, -0.05) is 24.4 Å². The molecule has 0 amide bonds. The second-order valence-electron chi connectivity index (χ2n) is 4.40. The maximum absolute atomic E-state index is 9.88. The van der Waals surface area contributed by atoms with Gasteiger partial charge in [0.1, 0.15) is 6.07 Å². The highest BCUT2D eigenvalue weighted by atomic mass is 35.5. The van der Waals surface area contributed by atoms with Gasteiger partial charge in [0.15, 0.2) is 0 Å². The van der Waals surface area contributed by atoms with E-state index in [4.69, 9.17) is 16.9 Å². The fourth-order valence-electron chi connectivity index (χ4n) is 2.21. The van der Waals surface area contributed by atoms with E-state index in [0.717, 1.165) is 25.7 Å². The fraction of sp³-hybridized carbons (Fsp3) is 0.462. The van der Waals surface area contributed by atoms with Crippen LogP contribution in [0.3, 0.4) is 0 Å². The van der Waals surface area contributed by atoms with Crippen molar-refractivity contribution in [2.24, 2.45) is 0 Å². The molecule has 0 radical (unpaired) electrons. The summed E-state index contributed by atoms with van der Waals surface area (Å²) in [5.41, 5.74) is 1.28. The summed E-state index contributed by atoms with van der Waals surface area (Å²) in [4.78, 5) is 0. The molecular formula is C13H15ClN2O. The molecule has 2 rings (SSSR count). The molecule has 1 aromatic rings. The molecule has 1 aliphatic carbocycles. The second kappa shape index (κ2) is 5.39. The van der Waals surface area contributed by atoms with Gasteiger partial charge in [0.05, 0.1) is 23.4 Å². The standard InChI is InChI=1S/C13H15ClN2O/c14-10-6-5-9(8-15)12(7-10)16-11-3-1-2-4-13(11)17/h5-7,11,13,16-17H,1-4H2/t11-,13-/m1/s1. The molecule has 2 atom stereocenters. The summed E-state index contributed by atoms with van der Waals surface area (Å²) >= 11 is 5.92. The Kier molecular flexibility index (Phi) is 3.88. The van der Waals surface area contributed by atoms with Crippen molar-refractivity contribution >= 4 is 17.3 Å². The molecule has 0 spiro atoms. The Labute approximate surface area is 106 Å². The normalized spacial score (nSPS) is 24.1. The molecule has 0 bridgehead atoms. The second-order valence-corrected chi connectivity index (χ2v) is 4.84. The van der Waals surface area contributed by atoms with Gasteiger partial charge in [0.25, 0.3) is 0 Å². The third kappa shape index (κ3) is 2.91. The quantitative estimate of drug-likeness (QED) is 0.849. The minimum absolute atomic E-state index is 0.0225. The number of nitrogens with one attached hydrogen (secondary N) is 1. The van der Waals surface area contributed by atoms with Gasteiger partial charge in [-0.25, -0.2) is 0 Å². The maximum atomic E-state index is 9.88. The monoisotopic (exact) mass is 250 g/mol. The Morgan fingerprint density at radius 2 is 2.12 bits per heavy atom. The summed E-state index contributed by atoms with van der Waals surface area (Å²) in [6, 6.07) is 7.28. The van der Waals surface area contributed by atoms with Gasteiger partial charge in [-0.15, -0.1) is 0 Å². The SMILES string of the molecule is N#Cc1ccc(Cl)cc1N[C@@H]1CCCC[C@H]1O. The van der Waals surface area contributed by atoms with Crippen molar-refractivity contribution in [1.29, 1.82) is 5.26 Å². The Balaban J connectivity index is 2.17. The van der Waals surface area contributed by atoms with Crippen molar-refractivity contribution in [3.05, 3.63) is 28.8 Å². The number of nitriles is 1. The van der Waals surface area contributed by atoms with Crippen LogP contribution in [0.15, 0.2) is 18.2 Å². The Morgan fingerprint density at radius 3 is 2.82 bits per heavy atom. The average Bonchev–Trinajstić information content (AvgIpc) is 2.32. The van der Waals surface area contributed by atoms with Gasteiger partial charge in [-0.2, -0.15) is 5.26 Å². The highest BCUT2D eigenvalue weighted by molar-refractivity contribution is 6.30. The first-order valence-electron chi connectivity index (χ1n) is 5.85. The van der Waals surface area contributed by atoms with Gasteiger partial charge >= 0.3 is 0 Å². The van der Waals surface area contributed by atoms with Crippen LogP contribution in [-0.2, 0) is 0 Å². The first kappa shape index (κ1) is 12.2. The van der Waals surface area contributed by atoms with Crippen LogP contribution >= 0.6 is 11.6 Å².